The summed E-state index contributed by atoms with van der Waals surface area (Å²) in [5, 5.41) is 5.03. The maximum atomic E-state index is 12.2. The van der Waals surface area contributed by atoms with Gasteiger partial charge < -0.3 is 5.32 Å². The lowest BCUT2D eigenvalue weighted by Crippen LogP contribution is -2.42. The number of hydrogen-bond acceptors (Lipinski definition) is 4. The molecule has 1 aromatic heterocycles. The summed E-state index contributed by atoms with van der Waals surface area (Å²) >= 11 is 1.52. The predicted octanol–water partition coefficient (Wildman–Crippen LogP) is 1.50. The molecule has 0 unspecified atom stereocenters. The molecule has 4 nitrogen and oxygen atoms in total. The van der Waals surface area contributed by atoms with E-state index in [1.165, 1.54) is 11.3 Å². The van der Waals surface area contributed by atoms with Gasteiger partial charge in [0.1, 0.15) is 0 Å². The number of rotatable bonds is 4. The van der Waals surface area contributed by atoms with Gasteiger partial charge in [0.15, 0.2) is 0 Å². The quantitative estimate of drug-likeness (QED) is 0.905. The summed E-state index contributed by atoms with van der Waals surface area (Å²) in [7, 11) is -1.36. The highest BCUT2D eigenvalue weighted by atomic mass is 32.2. The summed E-state index contributed by atoms with van der Waals surface area (Å²) in [6.07, 6.45) is 0. The molecule has 96 valence electrons. The first kappa shape index (κ1) is 13.0. The van der Waals surface area contributed by atoms with Crippen molar-refractivity contribution in [2.75, 3.05) is 13.6 Å². The van der Waals surface area contributed by atoms with Crippen molar-refractivity contribution in [3.05, 3.63) is 16.3 Å². The Hall–Kier alpha value is -0.430. The second-order valence-electron chi connectivity index (χ2n) is 4.64. The Morgan fingerprint density at radius 1 is 1.53 bits per heavy atom. The van der Waals surface area contributed by atoms with Gasteiger partial charge in [0.05, 0.1) is 4.90 Å². The molecule has 1 aliphatic heterocycles. The minimum absolute atomic E-state index is 0.193. The smallest absolute Gasteiger partial charge is 0.244 e. The van der Waals surface area contributed by atoms with E-state index >= 15 is 0 Å². The van der Waals surface area contributed by atoms with Crippen molar-refractivity contribution in [3.8, 4) is 0 Å². The molecular weight excluding hydrogens is 256 g/mol. The third-order valence-electron chi connectivity index (χ3n) is 3.22. The Kier molecular flexibility index (Phi) is 3.58. The van der Waals surface area contributed by atoms with Gasteiger partial charge in [0, 0.05) is 24.0 Å². The maximum Gasteiger partial charge on any atom is 0.244 e. The van der Waals surface area contributed by atoms with Crippen molar-refractivity contribution in [2.24, 2.45) is 5.92 Å². The largest absolute Gasteiger partial charge is 0.315 e. The van der Waals surface area contributed by atoms with Crippen molar-refractivity contribution in [3.63, 3.8) is 0 Å². The number of thiophene rings is 1. The molecule has 0 bridgehead atoms. The Morgan fingerprint density at radius 2 is 2.24 bits per heavy atom. The molecule has 6 heteroatoms. The average Bonchev–Trinajstić information content (AvgIpc) is 2.78. The summed E-state index contributed by atoms with van der Waals surface area (Å²) in [5.41, 5.74) is 0. The molecular formula is C11H18N2O2S2. The molecule has 0 saturated carbocycles. The first-order valence-corrected chi connectivity index (χ1v) is 8.02. The lowest BCUT2D eigenvalue weighted by molar-refractivity contribution is 0.321. The first-order valence-electron chi connectivity index (χ1n) is 5.70. The van der Waals surface area contributed by atoms with Gasteiger partial charge >= 0.3 is 0 Å². The number of nitrogens with zero attached hydrogens (tertiary/aromatic N) is 1. The Balaban J connectivity index is 2.19. The average molecular weight is 274 g/mol. The van der Waals surface area contributed by atoms with Gasteiger partial charge in [0.2, 0.25) is 10.0 Å². The molecule has 0 radical (unpaired) electrons. The van der Waals surface area contributed by atoms with E-state index < -0.39 is 10.0 Å². The van der Waals surface area contributed by atoms with E-state index in [2.05, 4.69) is 19.2 Å². The van der Waals surface area contributed by atoms with E-state index in [4.69, 9.17) is 0 Å². The summed E-state index contributed by atoms with van der Waals surface area (Å²) in [4.78, 5) is 1.46. The zero-order valence-corrected chi connectivity index (χ0v) is 11.9. The normalized spacial score (nSPS) is 20.7. The van der Waals surface area contributed by atoms with Gasteiger partial charge in [-0.1, -0.05) is 13.8 Å². The SMILES string of the molecule is CN[C@H](CN1Cc2sccc2S1(=O)=O)C(C)C. The zero-order valence-electron chi connectivity index (χ0n) is 10.3. The van der Waals surface area contributed by atoms with E-state index in [1.807, 2.05) is 12.4 Å². The van der Waals surface area contributed by atoms with Crippen LogP contribution < -0.4 is 5.32 Å². The van der Waals surface area contributed by atoms with Gasteiger partial charge in [-0.05, 0) is 24.4 Å². The van der Waals surface area contributed by atoms with Crippen LogP contribution in [0.3, 0.4) is 0 Å². The van der Waals surface area contributed by atoms with Crippen molar-refractivity contribution < 1.29 is 8.42 Å². The van der Waals surface area contributed by atoms with E-state index in [0.717, 1.165) is 4.88 Å². The Labute approximate surface area is 107 Å². The fourth-order valence-electron chi connectivity index (χ4n) is 2.08. The molecule has 1 aromatic rings. The van der Waals surface area contributed by atoms with Crippen LogP contribution >= 0.6 is 11.3 Å². The predicted molar refractivity (Wildman–Crippen MR) is 69.6 cm³/mol. The van der Waals surface area contributed by atoms with Gasteiger partial charge in [-0.25, -0.2) is 8.42 Å². The second-order valence-corrected chi connectivity index (χ2v) is 7.55. The topological polar surface area (TPSA) is 49.4 Å². The molecule has 0 amide bonds. The first-order chi connectivity index (χ1) is 7.96. The summed E-state index contributed by atoms with van der Waals surface area (Å²) in [5.74, 6) is 0.411. The van der Waals surface area contributed by atoms with Crippen molar-refractivity contribution in [2.45, 2.75) is 31.3 Å². The molecule has 1 aliphatic rings. The molecule has 1 atom stereocenters. The minimum Gasteiger partial charge on any atom is -0.315 e. The van der Waals surface area contributed by atoms with E-state index in [9.17, 15) is 8.42 Å². The molecule has 0 saturated heterocycles. The number of hydrogen-bond donors (Lipinski definition) is 1. The highest BCUT2D eigenvalue weighted by Gasteiger charge is 2.36. The molecule has 2 rings (SSSR count). The van der Waals surface area contributed by atoms with E-state index in [-0.39, 0.29) is 6.04 Å². The van der Waals surface area contributed by atoms with Crippen LogP contribution in [0.25, 0.3) is 0 Å². The molecule has 17 heavy (non-hydrogen) atoms. The van der Waals surface area contributed by atoms with Crippen LogP contribution in [0.1, 0.15) is 18.7 Å². The van der Waals surface area contributed by atoms with E-state index in [0.29, 0.717) is 23.9 Å². The van der Waals surface area contributed by atoms with Crippen molar-refractivity contribution in [1.29, 1.82) is 0 Å². The fourth-order valence-corrected chi connectivity index (χ4v) is 5.01. The number of nitrogens with one attached hydrogen (secondary N) is 1. The molecule has 2 heterocycles. The number of sulfonamides is 1. The second kappa shape index (κ2) is 4.68. The molecule has 0 aliphatic carbocycles. The summed E-state index contributed by atoms with van der Waals surface area (Å²) in [6, 6.07) is 1.90. The van der Waals surface area contributed by atoms with Crippen molar-refractivity contribution in [1.82, 2.24) is 9.62 Å². The molecule has 1 N–H and O–H groups in total. The fraction of sp³-hybridized carbons (Fsp3) is 0.636. The Bertz CT molecular complexity index is 493. The monoisotopic (exact) mass is 274 g/mol. The number of likely N-dealkylation sites (N-methyl/N-ethyl adjacent to an activating group) is 1. The zero-order chi connectivity index (χ0) is 12.6. The van der Waals surface area contributed by atoms with Crippen LogP contribution in [0, 0.1) is 5.92 Å². The van der Waals surface area contributed by atoms with Crippen LogP contribution in [0.4, 0.5) is 0 Å². The van der Waals surface area contributed by atoms with Gasteiger partial charge in [0.25, 0.3) is 0 Å². The Morgan fingerprint density at radius 3 is 2.76 bits per heavy atom. The molecule has 0 spiro atoms. The number of fused-ring (bicyclic) bond motifs is 1. The third kappa shape index (κ3) is 2.27. The lowest BCUT2D eigenvalue weighted by atomic mass is 10.1. The van der Waals surface area contributed by atoms with Crippen LogP contribution in [0.5, 0.6) is 0 Å². The van der Waals surface area contributed by atoms with Crippen LogP contribution in [0.15, 0.2) is 16.3 Å². The minimum atomic E-state index is -3.24. The lowest BCUT2D eigenvalue weighted by Gasteiger charge is -2.25. The van der Waals surface area contributed by atoms with E-state index in [1.54, 1.807) is 10.4 Å². The van der Waals surface area contributed by atoms with Crippen molar-refractivity contribution >= 4 is 21.4 Å². The van der Waals surface area contributed by atoms with Gasteiger partial charge in [-0.2, -0.15) is 4.31 Å². The summed E-state index contributed by atoms with van der Waals surface area (Å²) < 4.78 is 26.0. The van der Waals surface area contributed by atoms with Crippen LogP contribution in [0.2, 0.25) is 0 Å². The molecule has 0 fully saturated rings. The summed E-state index contributed by atoms with van der Waals surface area (Å²) in [6.45, 7) is 5.26. The van der Waals surface area contributed by atoms with Crippen LogP contribution in [-0.2, 0) is 16.6 Å². The maximum absolute atomic E-state index is 12.2. The van der Waals surface area contributed by atoms with Crippen LogP contribution in [-0.4, -0.2) is 32.4 Å². The third-order valence-corrected chi connectivity index (χ3v) is 6.15. The highest BCUT2D eigenvalue weighted by Crippen LogP contribution is 2.34. The molecule has 0 aromatic carbocycles. The van der Waals surface area contributed by atoms with Gasteiger partial charge in [-0.3, -0.25) is 0 Å². The standard InChI is InChI=1S/C11H18N2O2S2/c1-8(2)9(12-3)6-13-7-10-11(4-5-16-10)17(13,14)15/h4-5,8-9,12H,6-7H2,1-3H3/t9-/m1/s1. The highest BCUT2D eigenvalue weighted by molar-refractivity contribution is 7.89. The van der Waals surface area contributed by atoms with Gasteiger partial charge in [-0.15, -0.1) is 11.3 Å².